The third kappa shape index (κ3) is 11.9. The number of para-hydroxylation sites is 1. The van der Waals surface area contributed by atoms with Crippen LogP contribution in [0.15, 0.2) is 48.8 Å². The summed E-state index contributed by atoms with van der Waals surface area (Å²) in [6, 6.07) is 9.97. The van der Waals surface area contributed by atoms with Crippen LogP contribution in [0.3, 0.4) is 0 Å². The van der Waals surface area contributed by atoms with Crippen LogP contribution in [-0.2, 0) is 42.4 Å². The molecule has 0 spiro atoms. The van der Waals surface area contributed by atoms with E-state index in [2.05, 4.69) is 15.2 Å². The Balaban J connectivity index is 2.04. The number of nitrogens with two attached hydrogens (primary N) is 1. The molecule has 5 atom stereocenters. The second-order valence-corrected chi connectivity index (χ2v) is 15.2. The van der Waals surface area contributed by atoms with Gasteiger partial charge in [-0.2, -0.15) is 15.4 Å². The minimum absolute atomic E-state index is 0.0921. The first-order valence-corrected chi connectivity index (χ1v) is 18.0. The number of carbonyl (C=O) groups is 3. The number of aromatic nitrogens is 3. The van der Waals surface area contributed by atoms with Gasteiger partial charge in [0.1, 0.15) is 30.2 Å². The zero-order chi connectivity index (χ0) is 37.9. The van der Waals surface area contributed by atoms with Gasteiger partial charge >= 0.3 is 25.7 Å². The van der Waals surface area contributed by atoms with Gasteiger partial charge in [-0.1, -0.05) is 66.7 Å². The van der Waals surface area contributed by atoms with Crippen molar-refractivity contribution in [1.82, 2.24) is 19.7 Å². The zero-order valence-electron chi connectivity index (χ0n) is 30.1. The third-order valence-corrected chi connectivity index (χ3v) is 8.93. The predicted molar refractivity (Wildman–Crippen MR) is 185 cm³/mol. The van der Waals surface area contributed by atoms with Crippen LogP contribution in [0.4, 0.5) is 5.82 Å². The molecule has 51 heavy (non-hydrogen) atoms. The largest absolute Gasteiger partial charge is 0.465 e. The molecule has 0 bridgehead atoms. The molecule has 0 fully saturated rings. The van der Waals surface area contributed by atoms with Crippen molar-refractivity contribution >= 4 is 37.0 Å². The molecule has 16 nitrogen and oxygen atoms in total. The summed E-state index contributed by atoms with van der Waals surface area (Å²) in [5.74, 6) is -3.18. The number of benzene rings is 1. The fourth-order valence-electron chi connectivity index (χ4n) is 4.37. The van der Waals surface area contributed by atoms with Gasteiger partial charge in [0.25, 0.3) is 6.26 Å². The molecule has 0 amide bonds. The summed E-state index contributed by atoms with van der Waals surface area (Å²) in [7, 11) is -4.50. The molecule has 2 heterocycles. The van der Waals surface area contributed by atoms with Gasteiger partial charge in [0.05, 0.1) is 24.1 Å². The van der Waals surface area contributed by atoms with Gasteiger partial charge in [0.15, 0.2) is 24.1 Å². The van der Waals surface area contributed by atoms with E-state index in [4.69, 9.17) is 33.7 Å². The molecular formula is C34H47N6O10P. The minimum atomic E-state index is -4.50. The standard InChI is InChI=1S/C34H47N6O10P/c1-21(2)31(41)48-28(25-14-15-26-30(36)37-20-38-40(25)26)29(49-32(42)22(3)4)27(46-19-35)18-47-51(44,50-24-12-10-9-11-13-24)39-23(5)33(43)45-17-16-34(6,7)8/h9-15,20-23,27-29H,16-18H2,1-8H3,(H,39,44)(H2,36,37,38)/t23-,27+,28-,29+,51?/m0/s1. The lowest BCUT2D eigenvalue weighted by molar-refractivity contribution is -0.184. The molecule has 3 rings (SSSR count). The number of nitrogens with one attached hydrogen (secondary N) is 1. The molecule has 1 unspecified atom stereocenters. The molecule has 278 valence electrons. The number of ether oxygens (including phenoxy) is 4. The molecule has 0 aliphatic rings. The topological polar surface area (TPSA) is 216 Å². The summed E-state index contributed by atoms with van der Waals surface area (Å²) >= 11 is 0. The number of hydrogen-bond donors (Lipinski definition) is 2. The lowest BCUT2D eigenvalue weighted by atomic mass is 9.93. The van der Waals surface area contributed by atoms with Crippen molar-refractivity contribution < 1.29 is 46.9 Å². The minimum Gasteiger partial charge on any atom is -0.465 e. The lowest BCUT2D eigenvalue weighted by Gasteiger charge is -2.32. The summed E-state index contributed by atoms with van der Waals surface area (Å²) in [5, 5.41) is 16.6. The second kappa shape index (κ2) is 18.0. The van der Waals surface area contributed by atoms with Crippen LogP contribution in [0.25, 0.3) is 5.52 Å². The highest BCUT2D eigenvalue weighted by Gasteiger charge is 2.43. The molecule has 3 aromatic rings. The van der Waals surface area contributed by atoms with Gasteiger partial charge in [-0.3, -0.25) is 18.9 Å². The molecule has 0 aliphatic heterocycles. The average molecular weight is 731 g/mol. The number of rotatable bonds is 18. The molecule has 17 heteroatoms. The van der Waals surface area contributed by atoms with E-state index in [1.807, 2.05) is 20.8 Å². The maximum absolute atomic E-state index is 14.3. The van der Waals surface area contributed by atoms with Crippen LogP contribution in [0.2, 0.25) is 0 Å². The van der Waals surface area contributed by atoms with Crippen molar-refractivity contribution in [2.45, 2.75) is 86.2 Å². The summed E-state index contributed by atoms with van der Waals surface area (Å²) in [5.41, 5.74) is 6.50. The Morgan fingerprint density at radius 2 is 1.63 bits per heavy atom. The Bertz CT molecular complexity index is 1720. The molecule has 3 N–H and O–H groups in total. The Hall–Kier alpha value is -4.71. The molecule has 0 saturated heterocycles. The van der Waals surface area contributed by atoms with Gasteiger partial charge in [0.2, 0.25) is 0 Å². The van der Waals surface area contributed by atoms with E-state index in [0.29, 0.717) is 11.9 Å². The summed E-state index contributed by atoms with van der Waals surface area (Å²) < 4.78 is 49.8. The molecule has 1 aromatic carbocycles. The van der Waals surface area contributed by atoms with Crippen molar-refractivity contribution in [3.8, 4) is 12.0 Å². The highest BCUT2D eigenvalue weighted by atomic mass is 31.2. The number of nitriles is 1. The molecule has 0 aliphatic carbocycles. The van der Waals surface area contributed by atoms with Gasteiger partial charge in [-0.25, -0.2) is 14.1 Å². The summed E-state index contributed by atoms with van der Waals surface area (Å²) in [6.07, 6.45) is -1.26. The first-order valence-electron chi connectivity index (χ1n) is 16.4. The Labute approximate surface area is 297 Å². The SMILES string of the molecule is CC(C)C(=O)O[C@H]([C@@H](COP(=O)(N[C@@H](C)C(=O)OCCC(C)(C)C)Oc1ccccc1)OC#N)[C@@H](OC(=O)C(C)C)c1ccc2c(N)ncnn12. The van der Waals surface area contributed by atoms with Crippen molar-refractivity contribution in [2.24, 2.45) is 17.3 Å². The van der Waals surface area contributed by atoms with E-state index in [1.54, 1.807) is 58.2 Å². The molecular weight excluding hydrogens is 683 g/mol. The van der Waals surface area contributed by atoms with E-state index < -0.39 is 68.5 Å². The maximum atomic E-state index is 14.3. The van der Waals surface area contributed by atoms with Crippen LogP contribution in [0.5, 0.6) is 5.75 Å². The van der Waals surface area contributed by atoms with Crippen LogP contribution >= 0.6 is 7.75 Å². The van der Waals surface area contributed by atoms with Crippen molar-refractivity contribution in [3.63, 3.8) is 0 Å². The fraction of sp³-hybridized carbons (Fsp3) is 0.529. The van der Waals surface area contributed by atoms with Crippen LogP contribution < -0.4 is 15.3 Å². The normalized spacial score (nSPS) is 15.2. The number of carbonyl (C=O) groups excluding carboxylic acids is 3. The molecule has 0 saturated carbocycles. The molecule has 0 radical (unpaired) electrons. The van der Waals surface area contributed by atoms with Gasteiger partial charge in [-0.15, -0.1) is 0 Å². The Kier molecular flexibility index (Phi) is 14.4. The Morgan fingerprint density at radius 3 is 2.24 bits per heavy atom. The number of hydrogen-bond acceptors (Lipinski definition) is 14. The van der Waals surface area contributed by atoms with Gasteiger partial charge in [0, 0.05) is 0 Å². The third-order valence-electron chi connectivity index (χ3n) is 7.29. The van der Waals surface area contributed by atoms with E-state index in [-0.39, 0.29) is 29.3 Å². The smallest absolute Gasteiger partial charge is 0.459 e. The van der Waals surface area contributed by atoms with Crippen molar-refractivity contribution in [1.29, 1.82) is 5.26 Å². The summed E-state index contributed by atoms with van der Waals surface area (Å²) in [4.78, 5) is 43.1. The van der Waals surface area contributed by atoms with E-state index >= 15 is 0 Å². The number of anilines is 1. The first-order chi connectivity index (χ1) is 23.9. The van der Waals surface area contributed by atoms with Gasteiger partial charge in [-0.05, 0) is 43.0 Å². The summed E-state index contributed by atoms with van der Waals surface area (Å²) in [6.45, 7) is 13.2. The quantitative estimate of drug-likeness (QED) is 0.0749. The van der Waals surface area contributed by atoms with Crippen molar-refractivity contribution in [3.05, 3.63) is 54.5 Å². The van der Waals surface area contributed by atoms with Crippen LogP contribution in [-0.4, -0.2) is 64.0 Å². The van der Waals surface area contributed by atoms with E-state index in [1.165, 1.54) is 36.0 Å². The van der Waals surface area contributed by atoms with Crippen LogP contribution in [0, 0.1) is 28.8 Å². The predicted octanol–water partition coefficient (Wildman–Crippen LogP) is 5.15. The second-order valence-electron chi connectivity index (χ2n) is 13.5. The highest BCUT2D eigenvalue weighted by Crippen LogP contribution is 2.46. The number of esters is 3. The lowest BCUT2D eigenvalue weighted by Crippen LogP contribution is -2.44. The van der Waals surface area contributed by atoms with Crippen molar-refractivity contribution in [2.75, 3.05) is 18.9 Å². The maximum Gasteiger partial charge on any atom is 0.459 e. The fourth-order valence-corrected chi connectivity index (χ4v) is 5.87. The number of nitrogen functional groups attached to an aromatic ring is 1. The van der Waals surface area contributed by atoms with Crippen LogP contribution in [0.1, 0.15) is 73.6 Å². The monoisotopic (exact) mass is 730 g/mol. The van der Waals surface area contributed by atoms with E-state index in [9.17, 15) is 24.2 Å². The highest BCUT2D eigenvalue weighted by molar-refractivity contribution is 7.52. The number of nitrogens with zero attached hydrogens (tertiary/aromatic N) is 4. The number of fused-ring (bicyclic) bond motifs is 1. The Morgan fingerprint density at radius 1 is 0.980 bits per heavy atom. The first kappa shape index (κ1) is 40.7. The average Bonchev–Trinajstić information content (AvgIpc) is 3.49. The molecule has 2 aromatic heterocycles. The van der Waals surface area contributed by atoms with Gasteiger partial charge < -0.3 is 29.2 Å². The van der Waals surface area contributed by atoms with E-state index in [0.717, 1.165) is 0 Å². The zero-order valence-corrected chi connectivity index (χ0v) is 31.0.